The summed E-state index contributed by atoms with van der Waals surface area (Å²) in [5.74, 6) is 0. The van der Waals surface area contributed by atoms with E-state index in [9.17, 15) is 4.79 Å². The van der Waals surface area contributed by atoms with Gasteiger partial charge in [-0.1, -0.05) is 33.1 Å². The molecule has 0 aromatic heterocycles. The van der Waals surface area contributed by atoms with Crippen LogP contribution in [0, 0.1) is 0 Å². The number of carbonyl (C=O) groups is 1. The SMILES string of the molecule is CCCCC(CCC)NC(=O)OC(C)(C)C. The van der Waals surface area contributed by atoms with Crippen molar-refractivity contribution in [1.29, 1.82) is 0 Å². The summed E-state index contributed by atoms with van der Waals surface area (Å²) in [6, 6.07) is 0.264. The first-order valence-corrected chi connectivity index (χ1v) is 6.38. The molecule has 0 bridgehead atoms. The maximum Gasteiger partial charge on any atom is 0.407 e. The number of hydrogen-bond donors (Lipinski definition) is 1. The van der Waals surface area contributed by atoms with Gasteiger partial charge in [0.1, 0.15) is 5.60 Å². The number of amides is 1. The van der Waals surface area contributed by atoms with Crippen LogP contribution >= 0.6 is 0 Å². The van der Waals surface area contributed by atoms with E-state index in [1.165, 1.54) is 0 Å². The van der Waals surface area contributed by atoms with Crippen molar-refractivity contribution < 1.29 is 9.53 Å². The summed E-state index contributed by atoms with van der Waals surface area (Å²) < 4.78 is 5.24. The Bertz CT molecular complexity index is 197. The van der Waals surface area contributed by atoms with Crippen molar-refractivity contribution in [1.82, 2.24) is 5.32 Å². The largest absolute Gasteiger partial charge is 0.444 e. The summed E-state index contributed by atoms with van der Waals surface area (Å²) in [4.78, 5) is 11.6. The smallest absolute Gasteiger partial charge is 0.407 e. The maximum atomic E-state index is 11.6. The first-order chi connectivity index (χ1) is 7.39. The molecule has 0 radical (unpaired) electrons. The molecule has 0 heterocycles. The van der Waals surface area contributed by atoms with Gasteiger partial charge in [0.05, 0.1) is 0 Å². The zero-order chi connectivity index (χ0) is 12.6. The second-order valence-corrected chi connectivity index (χ2v) is 5.27. The maximum absolute atomic E-state index is 11.6. The Balaban J connectivity index is 4.02. The lowest BCUT2D eigenvalue weighted by molar-refractivity contribution is 0.0498. The van der Waals surface area contributed by atoms with Crippen LogP contribution in [-0.4, -0.2) is 17.7 Å². The molecule has 0 aromatic carbocycles. The summed E-state index contributed by atoms with van der Waals surface area (Å²) in [5, 5.41) is 2.95. The van der Waals surface area contributed by atoms with E-state index in [1.807, 2.05) is 20.8 Å². The number of unbranched alkanes of at least 4 members (excludes halogenated alkanes) is 1. The van der Waals surface area contributed by atoms with Crippen LogP contribution in [-0.2, 0) is 4.74 Å². The van der Waals surface area contributed by atoms with Crippen molar-refractivity contribution in [3.8, 4) is 0 Å². The molecule has 1 amide bonds. The Morgan fingerprint density at radius 1 is 1.19 bits per heavy atom. The van der Waals surface area contributed by atoms with Gasteiger partial charge in [-0.15, -0.1) is 0 Å². The Hall–Kier alpha value is -0.730. The minimum atomic E-state index is -0.411. The molecule has 0 rings (SSSR count). The highest BCUT2D eigenvalue weighted by Crippen LogP contribution is 2.10. The molecule has 3 heteroatoms. The molecule has 0 saturated heterocycles. The molecule has 0 aliphatic rings. The van der Waals surface area contributed by atoms with Crippen molar-refractivity contribution >= 4 is 6.09 Å². The van der Waals surface area contributed by atoms with Gasteiger partial charge in [0.25, 0.3) is 0 Å². The van der Waals surface area contributed by atoms with Crippen LogP contribution in [0.15, 0.2) is 0 Å². The quantitative estimate of drug-likeness (QED) is 0.751. The Morgan fingerprint density at radius 3 is 2.25 bits per heavy atom. The molecule has 96 valence electrons. The molecular formula is C13H27NO2. The Morgan fingerprint density at radius 2 is 1.81 bits per heavy atom. The molecule has 0 saturated carbocycles. The highest BCUT2D eigenvalue weighted by Gasteiger charge is 2.18. The van der Waals surface area contributed by atoms with E-state index in [-0.39, 0.29) is 12.1 Å². The summed E-state index contributed by atoms with van der Waals surface area (Å²) in [6.07, 6.45) is 5.19. The second-order valence-electron chi connectivity index (χ2n) is 5.27. The van der Waals surface area contributed by atoms with Gasteiger partial charge in [-0.2, -0.15) is 0 Å². The average Bonchev–Trinajstić information content (AvgIpc) is 2.11. The second kappa shape index (κ2) is 7.53. The molecule has 0 aliphatic heterocycles. The van der Waals surface area contributed by atoms with Gasteiger partial charge in [-0.05, 0) is 33.6 Å². The average molecular weight is 229 g/mol. The summed E-state index contributed by atoms with van der Waals surface area (Å²) in [6.45, 7) is 9.94. The third-order valence-electron chi connectivity index (χ3n) is 2.26. The van der Waals surface area contributed by atoms with E-state index in [1.54, 1.807) is 0 Å². The molecule has 16 heavy (non-hydrogen) atoms. The lowest BCUT2D eigenvalue weighted by Crippen LogP contribution is -2.39. The lowest BCUT2D eigenvalue weighted by atomic mass is 10.1. The summed E-state index contributed by atoms with van der Waals surface area (Å²) in [5.41, 5.74) is -0.411. The van der Waals surface area contributed by atoms with Crippen molar-refractivity contribution in [3.05, 3.63) is 0 Å². The fourth-order valence-corrected chi connectivity index (χ4v) is 1.56. The molecule has 0 aliphatic carbocycles. The molecular weight excluding hydrogens is 202 g/mol. The predicted molar refractivity (Wildman–Crippen MR) is 67.6 cm³/mol. The van der Waals surface area contributed by atoms with Crippen LogP contribution in [0.2, 0.25) is 0 Å². The molecule has 3 nitrogen and oxygen atoms in total. The first kappa shape index (κ1) is 15.3. The van der Waals surface area contributed by atoms with Gasteiger partial charge in [-0.3, -0.25) is 0 Å². The molecule has 0 fully saturated rings. The van der Waals surface area contributed by atoms with Gasteiger partial charge in [0.2, 0.25) is 0 Å². The van der Waals surface area contributed by atoms with E-state index in [4.69, 9.17) is 4.74 Å². The van der Waals surface area contributed by atoms with Crippen LogP contribution < -0.4 is 5.32 Å². The van der Waals surface area contributed by atoms with E-state index in [2.05, 4.69) is 19.2 Å². The van der Waals surface area contributed by atoms with Gasteiger partial charge in [-0.25, -0.2) is 4.79 Å². The lowest BCUT2D eigenvalue weighted by Gasteiger charge is -2.23. The van der Waals surface area contributed by atoms with Crippen LogP contribution in [0.25, 0.3) is 0 Å². The van der Waals surface area contributed by atoms with Crippen molar-refractivity contribution in [2.75, 3.05) is 0 Å². The standard InChI is InChI=1S/C13H27NO2/c1-6-8-10-11(9-7-2)14-12(15)16-13(3,4)5/h11H,6-10H2,1-5H3,(H,14,15). The van der Waals surface area contributed by atoms with Crippen LogP contribution in [0.3, 0.4) is 0 Å². The number of rotatable bonds is 6. The third kappa shape index (κ3) is 8.57. The summed E-state index contributed by atoms with van der Waals surface area (Å²) in [7, 11) is 0. The summed E-state index contributed by atoms with van der Waals surface area (Å²) >= 11 is 0. The van der Waals surface area contributed by atoms with E-state index in [0.717, 1.165) is 32.1 Å². The van der Waals surface area contributed by atoms with Gasteiger partial charge < -0.3 is 10.1 Å². The molecule has 1 atom stereocenters. The Kier molecular flexibility index (Phi) is 7.18. The van der Waals surface area contributed by atoms with Crippen molar-refractivity contribution in [2.24, 2.45) is 0 Å². The fourth-order valence-electron chi connectivity index (χ4n) is 1.56. The Labute approximate surface area is 99.9 Å². The highest BCUT2D eigenvalue weighted by molar-refractivity contribution is 5.68. The number of carbonyl (C=O) groups excluding carboxylic acids is 1. The molecule has 1 N–H and O–H groups in total. The normalized spacial score (nSPS) is 13.3. The first-order valence-electron chi connectivity index (χ1n) is 6.38. The van der Waals surface area contributed by atoms with Gasteiger partial charge >= 0.3 is 6.09 Å². The van der Waals surface area contributed by atoms with E-state index < -0.39 is 5.60 Å². The number of nitrogens with one attached hydrogen (secondary N) is 1. The van der Waals surface area contributed by atoms with Crippen LogP contribution in [0.1, 0.15) is 66.7 Å². The van der Waals surface area contributed by atoms with Crippen LogP contribution in [0.5, 0.6) is 0 Å². The zero-order valence-corrected chi connectivity index (χ0v) is 11.4. The topological polar surface area (TPSA) is 38.3 Å². The van der Waals surface area contributed by atoms with Gasteiger partial charge in [0.15, 0.2) is 0 Å². The molecule has 1 unspecified atom stereocenters. The number of ether oxygens (including phenoxy) is 1. The minimum Gasteiger partial charge on any atom is -0.444 e. The molecule has 0 spiro atoms. The minimum absolute atomic E-state index is 0.264. The monoisotopic (exact) mass is 229 g/mol. The van der Waals surface area contributed by atoms with Gasteiger partial charge in [0, 0.05) is 6.04 Å². The zero-order valence-electron chi connectivity index (χ0n) is 11.4. The van der Waals surface area contributed by atoms with Crippen LogP contribution in [0.4, 0.5) is 4.79 Å². The third-order valence-corrected chi connectivity index (χ3v) is 2.26. The number of hydrogen-bond acceptors (Lipinski definition) is 2. The van der Waals surface area contributed by atoms with E-state index in [0.29, 0.717) is 0 Å². The van der Waals surface area contributed by atoms with Crippen molar-refractivity contribution in [2.45, 2.75) is 78.4 Å². The highest BCUT2D eigenvalue weighted by atomic mass is 16.6. The number of alkyl carbamates (subject to hydrolysis) is 1. The predicted octanol–water partition coefficient (Wildman–Crippen LogP) is 3.87. The van der Waals surface area contributed by atoms with E-state index >= 15 is 0 Å². The molecule has 0 aromatic rings. The van der Waals surface area contributed by atoms with Crippen molar-refractivity contribution in [3.63, 3.8) is 0 Å². The fraction of sp³-hybridized carbons (Fsp3) is 0.923.